The van der Waals surface area contributed by atoms with Gasteiger partial charge in [0.05, 0.1) is 112 Å². The summed E-state index contributed by atoms with van der Waals surface area (Å²) in [6.45, 7) is 1.13. The number of phenolic OH excluding ortho intramolecular Hbond substituents is 1. The Morgan fingerprint density at radius 2 is 0.619 bits per heavy atom. The third-order valence-electron chi connectivity index (χ3n) is 11.6. The van der Waals surface area contributed by atoms with E-state index in [4.69, 9.17) is 280 Å². The standard InChI is InChI=1S/C9H8Cl3N3.C9H9Cl2N3O.4C9H9Cl2N3.C9H10ClN3.C8H8Cl2N4/c10-6-1-2-7(11)9(12)5(6)3-15-4-8(13)14;10-7-1-5(15)2-8(11)6(7)3-14-4-9(12)13;10-7-1-6(2-8(11)3-7)4-14-5-9(12)13;10-7-2-1-6(8(11)3-7)4-14-5-9(12)13;10-7-2-1-6(3-8(7)11)4-14-5-9(12)13;10-7-2-1-3-8(11)6(7)4-14-5-9(12)13;10-8-4-2-1-3-7(8)5-13-6-9(11)12;9-6-2-1-3-7(10)5(6)4-13-14-8(11)12/h1-3H,4H2,(H3,13,14);1-3,15H,4H2,(H3,12,13);4*1-4H,5H2,(H3,12,13);1-5H,6H2,(H3,11,12);1-4H,(H4,11,12,14)/b;;;;;;;13-4-. The van der Waals surface area contributed by atoms with E-state index in [2.05, 4.69) is 45.1 Å². The molecule has 0 aliphatic rings. The maximum Gasteiger partial charge on any atom is 0.211 e. The third-order valence-corrected chi connectivity index (χ3v) is 16.8. The maximum atomic E-state index is 9.16. The van der Waals surface area contributed by atoms with Gasteiger partial charge in [0.15, 0.2) is 0 Å². The summed E-state index contributed by atoms with van der Waals surface area (Å²) >= 11 is 93.3. The van der Waals surface area contributed by atoms with E-state index in [0.717, 1.165) is 22.3 Å². The van der Waals surface area contributed by atoms with Gasteiger partial charge in [-0.2, -0.15) is 5.10 Å². The van der Waals surface area contributed by atoms with Crippen LogP contribution in [0.4, 0.5) is 0 Å². The smallest absolute Gasteiger partial charge is 0.211 e. The van der Waals surface area contributed by atoms with E-state index in [1.807, 2.05) is 18.2 Å². The molecular formula is C71H71Cl16N25O. The van der Waals surface area contributed by atoms with Crippen molar-refractivity contribution in [3.05, 3.63) is 264 Å². The fourth-order valence-corrected chi connectivity index (χ4v) is 10.6. The van der Waals surface area contributed by atoms with Crippen molar-refractivity contribution in [1.82, 2.24) is 0 Å². The van der Waals surface area contributed by atoms with Gasteiger partial charge in [0.2, 0.25) is 5.96 Å². The van der Waals surface area contributed by atoms with Crippen LogP contribution in [-0.4, -0.2) is 147 Å². The lowest BCUT2D eigenvalue weighted by molar-refractivity contribution is 0.475. The third kappa shape index (κ3) is 47.4. The molecule has 0 saturated carbocycles. The van der Waals surface area contributed by atoms with Crippen LogP contribution in [0.25, 0.3) is 0 Å². The second-order valence-corrected chi connectivity index (χ2v) is 27.7. The Balaban J connectivity index is 0.000000646. The Morgan fingerprint density at radius 3 is 1.03 bits per heavy atom. The highest BCUT2D eigenvalue weighted by atomic mass is 35.5. The molecule has 26 nitrogen and oxygen atoms in total. The molecule has 598 valence electrons. The van der Waals surface area contributed by atoms with Gasteiger partial charge < -0.3 is 56.7 Å². The van der Waals surface area contributed by atoms with Gasteiger partial charge in [-0.15, -0.1) is 5.10 Å². The molecule has 42 heteroatoms. The van der Waals surface area contributed by atoms with Gasteiger partial charge in [-0.05, 0) is 108 Å². The Hall–Kier alpha value is -8.88. The molecule has 8 aromatic rings. The highest BCUT2D eigenvalue weighted by Crippen LogP contribution is 2.31. The van der Waals surface area contributed by atoms with Crippen LogP contribution in [0.2, 0.25) is 80.4 Å². The second-order valence-electron chi connectivity index (χ2n) is 21.1. The van der Waals surface area contributed by atoms with E-state index in [9.17, 15) is 0 Å². The first-order valence-electron chi connectivity index (χ1n) is 30.9. The molecule has 0 fully saturated rings. The van der Waals surface area contributed by atoms with Crippen LogP contribution >= 0.6 is 186 Å². The van der Waals surface area contributed by atoms with Crippen LogP contribution in [0, 0.1) is 37.9 Å². The molecule has 8 rings (SSSR count). The number of amidine groups is 7. The van der Waals surface area contributed by atoms with Crippen LogP contribution < -0.4 is 51.6 Å². The number of nitrogens with one attached hydrogen (secondary N) is 7. The minimum atomic E-state index is -0.121. The highest BCUT2D eigenvalue weighted by Gasteiger charge is 2.09. The number of halogens is 16. The van der Waals surface area contributed by atoms with Gasteiger partial charge in [-0.3, -0.25) is 72.8 Å². The average molecular weight is 1860 g/mol. The zero-order valence-electron chi connectivity index (χ0n) is 58.6. The minimum Gasteiger partial charge on any atom is -0.508 e. The minimum absolute atomic E-state index is 0.00410. The molecule has 0 spiro atoms. The fraction of sp³-hybridized carbons (Fsp3) is 0.0986. The largest absolute Gasteiger partial charge is 0.508 e. The summed E-state index contributed by atoms with van der Waals surface area (Å²) in [5.74, 6) is -0.0781. The topological polar surface area (TPSA) is 533 Å². The fourth-order valence-electron chi connectivity index (χ4n) is 6.89. The van der Waals surface area contributed by atoms with Gasteiger partial charge in [0.1, 0.15) is 46.6 Å². The molecule has 0 unspecified atom stereocenters. The van der Waals surface area contributed by atoms with E-state index >= 15 is 0 Å². The average Bonchev–Trinajstić information content (AvgIpc) is 0.832. The summed E-state index contributed by atoms with van der Waals surface area (Å²) in [6.07, 6.45) is 12.2. The van der Waals surface area contributed by atoms with Gasteiger partial charge in [0, 0.05) is 97.0 Å². The van der Waals surface area contributed by atoms with Gasteiger partial charge >= 0.3 is 0 Å². The maximum absolute atomic E-state index is 9.16. The van der Waals surface area contributed by atoms with E-state index < -0.39 is 0 Å². The van der Waals surface area contributed by atoms with E-state index in [1.54, 1.807) is 134 Å². The molecule has 0 radical (unpaired) electrons. The number of benzene rings is 8. The van der Waals surface area contributed by atoms with Gasteiger partial charge in [-0.1, -0.05) is 228 Å². The van der Waals surface area contributed by atoms with Crippen LogP contribution in [0.5, 0.6) is 5.75 Å². The first kappa shape index (κ1) is 102. The molecule has 8 aromatic carbocycles. The lowest BCUT2D eigenvalue weighted by Gasteiger charge is -2.02. The second kappa shape index (κ2) is 57.2. The molecule has 0 saturated heterocycles. The first-order valence-corrected chi connectivity index (χ1v) is 37.0. The Labute approximate surface area is 731 Å². The monoisotopic (exact) mass is 1850 g/mol. The normalized spacial score (nSPS) is 10.7. The van der Waals surface area contributed by atoms with Crippen molar-refractivity contribution in [2.24, 2.45) is 96.8 Å². The molecule has 0 bridgehead atoms. The van der Waals surface area contributed by atoms with Crippen molar-refractivity contribution in [2.75, 3.05) is 45.8 Å². The Kier molecular flexibility index (Phi) is 51.7. The number of hydrogen-bond acceptors (Lipinski definition) is 17. The van der Waals surface area contributed by atoms with Crippen LogP contribution in [-0.2, 0) is 0 Å². The van der Waals surface area contributed by atoms with Crippen molar-refractivity contribution in [1.29, 1.82) is 37.9 Å². The molecule has 113 heavy (non-hydrogen) atoms. The van der Waals surface area contributed by atoms with E-state index in [0.29, 0.717) is 103 Å². The molecule has 0 aromatic heterocycles. The Bertz CT molecular complexity index is 4750. The SMILES string of the molecule is N=C(N)CN=Cc1c(Cl)cc(O)cc1Cl.N=C(N)CN=Cc1c(Cl)ccc(Cl)c1Cl.N=C(N)CN=Cc1c(Cl)cccc1Cl.N=C(N)CN=Cc1cc(Cl)cc(Cl)c1.N=C(N)CN=Cc1ccc(Cl)c(Cl)c1.N=C(N)CN=Cc1ccc(Cl)cc1Cl.N=C(N)CN=Cc1ccccc1Cl.NC(N)=N/N=C\c1c(Cl)cccc1Cl. The molecule has 0 aliphatic heterocycles. The van der Waals surface area contributed by atoms with Crippen LogP contribution in [0.1, 0.15) is 44.5 Å². The molecule has 26 N–H and O–H groups in total. The number of aliphatic imine (C=N–C) groups is 7. The lowest BCUT2D eigenvalue weighted by Crippen LogP contribution is -2.21. The summed E-state index contributed by atoms with van der Waals surface area (Å²) in [5, 5.41) is 72.6. The van der Waals surface area contributed by atoms with Gasteiger partial charge in [-0.25, -0.2) is 0 Å². The van der Waals surface area contributed by atoms with Crippen molar-refractivity contribution in [2.45, 2.75) is 0 Å². The van der Waals surface area contributed by atoms with Crippen molar-refractivity contribution >= 4 is 282 Å². The molecule has 0 heterocycles. The van der Waals surface area contributed by atoms with Gasteiger partial charge in [0.25, 0.3) is 0 Å². The number of hydrogen-bond donors (Lipinski definition) is 17. The van der Waals surface area contributed by atoms with Crippen molar-refractivity contribution < 1.29 is 5.11 Å². The summed E-state index contributed by atoms with van der Waals surface area (Å²) in [4.78, 5) is 27.4. The predicted molar refractivity (Wildman–Crippen MR) is 487 cm³/mol. The number of aromatic hydroxyl groups is 1. The Morgan fingerprint density at radius 1 is 0.274 bits per heavy atom. The molecular weight excluding hydrogens is 1790 g/mol. The number of phenols is 1. The van der Waals surface area contributed by atoms with Crippen LogP contribution in [0.15, 0.2) is 185 Å². The summed E-state index contributed by atoms with van der Waals surface area (Å²) in [5.41, 5.74) is 51.6. The summed E-state index contributed by atoms with van der Waals surface area (Å²) in [7, 11) is 0. The number of nitrogens with two attached hydrogens (primary N) is 9. The molecule has 0 atom stereocenters. The summed E-state index contributed by atoms with van der Waals surface area (Å²) < 4.78 is 0. The lowest BCUT2D eigenvalue weighted by atomic mass is 10.2. The quantitative estimate of drug-likeness (QED) is 0.0124. The van der Waals surface area contributed by atoms with E-state index in [-0.39, 0.29) is 98.4 Å². The molecule has 0 amide bonds. The summed E-state index contributed by atoms with van der Waals surface area (Å²) in [6, 6.07) is 39.1. The predicted octanol–water partition coefficient (Wildman–Crippen LogP) is 17.7. The highest BCUT2D eigenvalue weighted by molar-refractivity contribution is 6.46. The number of rotatable bonds is 23. The number of nitrogens with zero attached hydrogens (tertiary/aromatic N) is 9. The van der Waals surface area contributed by atoms with Crippen LogP contribution in [0.3, 0.4) is 0 Å². The zero-order chi connectivity index (χ0) is 85.3. The van der Waals surface area contributed by atoms with Crippen molar-refractivity contribution in [3.8, 4) is 5.75 Å². The molecule has 0 aliphatic carbocycles. The number of guanidine groups is 1. The zero-order valence-corrected chi connectivity index (χ0v) is 70.7. The van der Waals surface area contributed by atoms with E-state index in [1.165, 1.54) is 37.0 Å². The van der Waals surface area contributed by atoms with Crippen molar-refractivity contribution in [3.63, 3.8) is 0 Å². The first-order chi connectivity index (χ1) is 53.2.